The molecule has 0 aliphatic heterocycles. The van der Waals surface area contributed by atoms with Gasteiger partial charge >= 0.3 is 0 Å². The number of sulfonamides is 1. The van der Waals surface area contributed by atoms with E-state index in [1.807, 2.05) is 20.8 Å². The van der Waals surface area contributed by atoms with E-state index in [1.54, 1.807) is 55.5 Å². The van der Waals surface area contributed by atoms with Crippen molar-refractivity contribution in [1.82, 2.24) is 10.2 Å². The quantitative estimate of drug-likeness (QED) is 0.337. The molecule has 3 aromatic rings. The normalized spacial score (nSPS) is 12.2. The Hall–Kier alpha value is -3.43. The maximum atomic E-state index is 13.9. The number of amides is 2. The van der Waals surface area contributed by atoms with Crippen molar-refractivity contribution in [3.05, 3.63) is 94.8 Å². The van der Waals surface area contributed by atoms with E-state index in [2.05, 4.69) is 5.32 Å². The molecule has 1 N–H and O–H groups in total. The lowest BCUT2D eigenvalue weighted by atomic mass is 10.1. The Morgan fingerprint density at radius 2 is 1.54 bits per heavy atom. The second-order valence-corrected chi connectivity index (χ2v) is 11.8. The Morgan fingerprint density at radius 3 is 2.08 bits per heavy atom. The number of nitrogens with one attached hydrogen (secondary N) is 1. The van der Waals surface area contributed by atoms with Crippen molar-refractivity contribution in [3.8, 4) is 0 Å². The minimum absolute atomic E-state index is 0.0678. The number of rotatable bonds is 11. The molecule has 0 aromatic heterocycles. The van der Waals surface area contributed by atoms with E-state index in [0.717, 1.165) is 39.7 Å². The summed E-state index contributed by atoms with van der Waals surface area (Å²) >= 11 is 6.03. The van der Waals surface area contributed by atoms with Gasteiger partial charge in [-0.3, -0.25) is 13.9 Å². The van der Waals surface area contributed by atoms with Gasteiger partial charge in [0, 0.05) is 17.6 Å². The summed E-state index contributed by atoms with van der Waals surface area (Å²) in [5.41, 5.74) is 1.90. The number of hydrogen-bond acceptors (Lipinski definition) is 4. The minimum Gasteiger partial charge on any atom is -0.352 e. The molecule has 0 bridgehead atoms. The van der Waals surface area contributed by atoms with Crippen LogP contribution in [0.2, 0.25) is 5.02 Å². The van der Waals surface area contributed by atoms with Crippen molar-refractivity contribution in [2.45, 2.75) is 57.6 Å². The molecule has 0 radical (unpaired) electrons. The molecule has 1 atom stereocenters. The fourth-order valence-corrected chi connectivity index (χ4v) is 5.60. The van der Waals surface area contributed by atoms with Crippen molar-refractivity contribution in [2.75, 3.05) is 10.8 Å². The number of carbonyl (C=O) groups is 2. The van der Waals surface area contributed by atoms with E-state index in [0.29, 0.717) is 11.4 Å². The highest BCUT2D eigenvalue weighted by atomic mass is 35.5. The van der Waals surface area contributed by atoms with Crippen LogP contribution < -0.4 is 9.62 Å². The Bertz CT molecular complexity index is 1380. The number of carbonyl (C=O) groups excluding carboxylic acids is 2. The lowest BCUT2D eigenvalue weighted by Crippen LogP contribution is -2.53. The van der Waals surface area contributed by atoms with Crippen LogP contribution in [0.5, 0.6) is 0 Å². The van der Waals surface area contributed by atoms with Gasteiger partial charge in [0.2, 0.25) is 11.8 Å². The SMILES string of the molecule is CCC(C(=O)NC(C)C)N(Cc1ccc(Cl)cc1)C(=O)CN(c1ccc(C)cc1)S(=O)(=O)c1ccc(F)cc1. The molecule has 0 aliphatic rings. The van der Waals surface area contributed by atoms with E-state index in [-0.39, 0.29) is 29.1 Å². The molecular weight excluding hydrogens is 541 g/mol. The van der Waals surface area contributed by atoms with E-state index < -0.39 is 34.3 Å². The minimum atomic E-state index is -4.26. The molecule has 208 valence electrons. The average molecular weight is 574 g/mol. The number of aryl methyl sites for hydroxylation is 1. The summed E-state index contributed by atoms with van der Waals surface area (Å²) in [5.74, 6) is -1.48. The van der Waals surface area contributed by atoms with Crippen molar-refractivity contribution in [1.29, 1.82) is 0 Å². The highest BCUT2D eigenvalue weighted by Gasteiger charge is 2.33. The fraction of sp³-hybridized carbons (Fsp3) is 0.310. The number of nitrogens with zero attached hydrogens (tertiary/aromatic N) is 2. The van der Waals surface area contributed by atoms with Gasteiger partial charge in [0.15, 0.2) is 0 Å². The Morgan fingerprint density at radius 1 is 0.949 bits per heavy atom. The Labute approximate surface area is 234 Å². The van der Waals surface area contributed by atoms with E-state index in [9.17, 15) is 22.4 Å². The van der Waals surface area contributed by atoms with E-state index in [4.69, 9.17) is 11.6 Å². The third-order valence-electron chi connectivity index (χ3n) is 6.09. The summed E-state index contributed by atoms with van der Waals surface area (Å²) in [6, 6.07) is 17.0. The maximum Gasteiger partial charge on any atom is 0.264 e. The average Bonchev–Trinajstić information content (AvgIpc) is 2.88. The number of benzene rings is 3. The number of hydrogen-bond donors (Lipinski definition) is 1. The van der Waals surface area contributed by atoms with Gasteiger partial charge in [-0.25, -0.2) is 12.8 Å². The van der Waals surface area contributed by atoms with Crippen molar-refractivity contribution in [3.63, 3.8) is 0 Å². The summed E-state index contributed by atoms with van der Waals surface area (Å²) in [4.78, 5) is 28.3. The zero-order valence-corrected chi connectivity index (χ0v) is 24.0. The first-order chi connectivity index (χ1) is 18.4. The number of anilines is 1. The zero-order valence-electron chi connectivity index (χ0n) is 22.4. The molecular formula is C29H33ClFN3O4S. The van der Waals surface area contributed by atoms with Gasteiger partial charge in [-0.05, 0) is 81.3 Å². The summed E-state index contributed by atoms with van der Waals surface area (Å²) < 4.78 is 42.0. The Balaban J connectivity index is 2.05. The van der Waals surface area contributed by atoms with Crippen LogP contribution in [0, 0.1) is 12.7 Å². The molecule has 10 heteroatoms. The lowest BCUT2D eigenvalue weighted by Gasteiger charge is -2.33. The van der Waals surface area contributed by atoms with Crippen molar-refractivity contribution in [2.24, 2.45) is 0 Å². The molecule has 3 aromatic carbocycles. The molecule has 0 saturated heterocycles. The molecule has 39 heavy (non-hydrogen) atoms. The fourth-order valence-electron chi connectivity index (χ4n) is 4.06. The summed E-state index contributed by atoms with van der Waals surface area (Å²) in [5, 5.41) is 3.38. The predicted octanol–water partition coefficient (Wildman–Crippen LogP) is 5.31. The molecule has 0 spiro atoms. The summed E-state index contributed by atoms with van der Waals surface area (Å²) in [6.07, 6.45) is 0.313. The first-order valence-electron chi connectivity index (χ1n) is 12.6. The third kappa shape index (κ3) is 7.80. The van der Waals surface area contributed by atoms with Gasteiger partial charge in [0.05, 0.1) is 10.6 Å². The van der Waals surface area contributed by atoms with Gasteiger partial charge in [0.25, 0.3) is 10.0 Å². The van der Waals surface area contributed by atoms with Gasteiger partial charge in [0.1, 0.15) is 18.4 Å². The van der Waals surface area contributed by atoms with Crippen LogP contribution in [0.4, 0.5) is 10.1 Å². The highest BCUT2D eigenvalue weighted by Crippen LogP contribution is 2.25. The Kier molecular flexibility index (Phi) is 10.1. The monoisotopic (exact) mass is 573 g/mol. The topological polar surface area (TPSA) is 86.8 Å². The zero-order chi connectivity index (χ0) is 28.7. The molecule has 0 heterocycles. The van der Waals surface area contributed by atoms with Crippen LogP contribution in [-0.4, -0.2) is 43.8 Å². The highest BCUT2D eigenvalue weighted by molar-refractivity contribution is 7.92. The summed E-state index contributed by atoms with van der Waals surface area (Å²) in [6.45, 7) is 6.80. The molecule has 0 fully saturated rings. The standard InChI is InChI=1S/C29H33ClFN3O4S/c1-5-27(29(36)32-20(2)3)33(18-22-8-10-23(30)11-9-22)28(35)19-34(25-14-6-21(4)7-15-25)39(37,38)26-16-12-24(31)13-17-26/h6-17,20,27H,5,18-19H2,1-4H3,(H,32,36). The van der Waals surface area contributed by atoms with Gasteiger partial charge in [-0.15, -0.1) is 0 Å². The van der Waals surface area contributed by atoms with Crippen LogP contribution in [0.15, 0.2) is 77.7 Å². The molecule has 0 saturated carbocycles. The second-order valence-electron chi connectivity index (χ2n) is 9.54. The largest absolute Gasteiger partial charge is 0.352 e. The predicted molar refractivity (Wildman–Crippen MR) is 151 cm³/mol. The van der Waals surface area contributed by atoms with Crippen LogP contribution >= 0.6 is 11.6 Å². The van der Waals surface area contributed by atoms with Gasteiger partial charge < -0.3 is 10.2 Å². The second kappa shape index (κ2) is 13.1. The van der Waals surface area contributed by atoms with Crippen molar-refractivity contribution < 1.29 is 22.4 Å². The summed E-state index contributed by atoms with van der Waals surface area (Å²) in [7, 11) is -4.26. The van der Waals surface area contributed by atoms with Crippen LogP contribution in [-0.2, 0) is 26.2 Å². The van der Waals surface area contributed by atoms with E-state index >= 15 is 0 Å². The smallest absolute Gasteiger partial charge is 0.264 e. The van der Waals surface area contributed by atoms with Crippen LogP contribution in [0.3, 0.4) is 0 Å². The maximum absolute atomic E-state index is 13.9. The molecule has 2 amide bonds. The van der Waals surface area contributed by atoms with Crippen molar-refractivity contribution >= 4 is 39.1 Å². The molecule has 1 unspecified atom stereocenters. The molecule has 0 aliphatic carbocycles. The first-order valence-corrected chi connectivity index (χ1v) is 14.4. The van der Waals surface area contributed by atoms with Gasteiger partial charge in [-0.2, -0.15) is 0 Å². The van der Waals surface area contributed by atoms with Gasteiger partial charge in [-0.1, -0.05) is 48.4 Å². The van der Waals surface area contributed by atoms with Crippen LogP contribution in [0.25, 0.3) is 0 Å². The lowest BCUT2D eigenvalue weighted by molar-refractivity contribution is -0.140. The molecule has 7 nitrogen and oxygen atoms in total. The first kappa shape index (κ1) is 30.1. The van der Waals surface area contributed by atoms with E-state index in [1.165, 1.54) is 4.90 Å². The van der Waals surface area contributed by atoms with Crippen LogP contribution in [0.1, 0.15) is 38.3 Å². The third-order valence-corrected chi connectivity index (χ3v) is 8.13. The molecule has 3 rings (SSSR count). The number of halogens is 2.